The zero-order chi connectivity index (χ0) is 22.9. The van der Waals surface area contributed by atoms with Gasteiger partial charge in [-0.05, 0) is 54.8 Å². The van der Waals surface area contributed by atoms with Crippen LogP contribution in [0.25, 0.3) is 0 Å². The standard InChI is InChI=1S/C26H34N6O/c1-27-26(29-17-21-8-10-22(11-9-21)19-31-15-12-28-20-31)30-18-25(32-13-3-4-14-32)23-6-5-7-24(16-23)33-2/h5-12,15-16,20,25H,3-4,13-14,17-19H2,1-2H3,(H2,27,29,30). The van der Waals surface area contributed by atoms with E-state index in [4.69, 9.17) is 4.74 Å². The number of ether oxygens (including phenoxy) is 1. The monoisotopic (exact) mass is 446 g/mol. The first-order chi connectivity index (χ1) is 16.2. The Morgan fingerprint density at radius 3 is 2.58 bits per heavy atom. The Morgan fingerprint density at radius 1 is 1.09 bits per heavy atom. The summed E-state index contributed by atoms with van der Waals surface area (Å²) in [5, 5.41) is 6.99. The molecular formula is C26H34N6O. The fraction of sp³-hybridized carbons (Fsp3) is 0.385. The molecule has 174 valence electrons. The van der Waals surface area contributed by atoms with Crippen LogP contribution in [0.15, 0.2) is 72.2 Å². The highest BCUT2D eigenvalue weighted by atomic mass is 16.5. The first-order valence-electron chi connectivity index (χ1n) is 11.6. The van der Waals surface area contributed by atoms with Crippen LogP contribution in [0.3, 0.4) is 0 Å². The molecule has 1 atom stereocenters. The number of methoxy groups -OCH3 is 1. The first-order valence-corrected chi connectivity index (χ1v) is 11.6. The Hall–Kier alpha value is -3.32. The molecule has 1 fully saturated rings. The van der Waals surface area contributed by atoms with Crippen molar-refractivity contribution in [2.75, 3.05) is 33.8 Å². The Balaban J connectivity index is 1.33. The van der Waals surface area contributed by atoms with E-state index < -0.39 is 0 Å². The highest BCUT2D eigenvalue weighted by molar-refractivity contribution is 5.79. The summed E-state index contributed by atoms with van der Waals surface area (Å²) in [5.41, 5.74) is 3.75. The van der Waals surface area contributed by atoms with Crippen molar-refractivity contribution >= 4 is 5.96 Å². The number of imidazole rings is 1. The van der Waals surface area contributed by atoms with Crippen molar-refractivity contribution in [2.45, 2.75) is 32.0 Å². The minimum atomic E-state index is 0.281. The van der Waals surface area contributed by atoms with Gasteiger partial charge in [0.2, 0.25) is 0 Å². The van der Waals surface area contributed by atoms with Crippen LogP contribution in [0, 0.1) is 0 Å². The molecule has 0 aliphatic carbocycles. The van der Waals surface area contributed by atoms with Crippen LogP contribution in [0.5, 0.6) is 5.75 Å². The van der Waals surface area contributed by atoms with Crippen molar-refractivity contribution in [3.8, 4) is 5.75 Å². The molecule has 7 nitrogen and oxygen atoms in total. The number of hydrogen-bond donors (Lipinski definition) is 2. The lowest BCUT2D eigenvalue weighted by Crippen LogP contribution is -2.42. The average molecular weight is 447 g/mol. The molecule has 33 heavy (non-hydrogen) atoms. The number of nitrogens with zero attached hydrogens (tertiary/aromatic N) is 4. The van der Waals surface area contributed by atoms with E-state index in [0.29, 0.717) is 0 Å². The smallest absolute Gasteiger partial charge is 0.191 e. The molecule has 0 bridgehead atoms. The van der Waals surface area contributed by atoms with Crippen molar-refractivity contribution in [2.24, 2.45) is 4.99 Å². The minimum absolute atomic E-state index is 0.281. The lowest BCUT2D eigenvalue weighted by molar-refractivity contribution is 0.245. The third kappa shape index (κ3) is 6.35. The molecule has 1 aliphatic rings. The van der Waals surface area contributed by atoms with E-state index in [1.54, 1.807) is 13.3 Å². The molecule has 2 heterocycles. The molecule has 1 aliphatic heterocycles. The maximum Gasteiger partial charge on any atom is 0.191 e. The summed E-state index contributed by atoms with van der Waals surface area (Å²) >= 11 is 0. The van der Waals surface area contributed by atoms with Crippen LogP contribution in [-0.2, 0) is 13.1 Å². The second-order valence-corrected chi connectivity index (χ2v) is 8.39. The molecule has 0 amide bonds. The van der Waals surface area contributed by atoms with Crippen molar-refractivity contribution in [3.05, 3.63) is 83.9 Å². The van der Waals surface area contributed by atoms with Gasteiger partial charge in [-0.1, -0.05) is 36.4 Å². The average Bonchev–Trinajstić information content (AvgIpc) is 3.57. The minimum Gasteiger partial charge on any atom is -0.497 e. The molecule has 0 saturated carbocycles. The van der Waals surface area contributed by atoms with Crippen molar-refractivity contribution in [3.63, 3.8) is 0 Å². The summed E-state index contributed by atoms with van der Waals surface area (Å²) in [6, 6.07) is 17.3. The van der Waals surface area contributed by atoms with Gasteiger partial charge in [-0.2, -0.15) is 0 Å². The van der Waals surface area contributed by atoms with Gasteiger partial charge >= 0.3 is 0 Å². The molecule has 1 unspecified atom stereocenters. The Bertz CT molecular complexity index is 1010. The SMILES string of the molecule is CN=C(NCc1ccc(Cn2ccnc2)cc1)NCC(c1cccc(OC)c1)N1CCCC1. The predicted octanol–water partition coefficient (Wildman–Crippen LogP) is 3.44. The molecule has 4 rings (SSSR count). The Morgan fingerprint density at radius 2 is 1.88 bits per heavy atom. The summed E-state index contributed by atoms with van der Waals surface area (Å²) in [4.78, 5) is 11.1. The lowest BCUT2D eigenvalue weighted by Gasteiger charge is -2.29. The van der Waals surface area contributed by atoms with Crippen molar-refractivity contribution in [1.29, 1.82) is 0 Å². The van der Waals surface area contributed by atoms with Crippen LogP contribution in [-0.4, -0.2) is 54.2 Å². The second kappa shape index (κ2) is 11.5. The van der Waals surface area contributed by atoms with Gasteiger partial charge in [-0.15, -0.1) is 0 Å². The predicted molar refractivity (Wildman–Crippen MR) is 133 cm³/mol. The van der Waals surface area contributed by atoms with E-state index in [-0.39, 0.29) is 6.04 Å². The number of aliphatic imine (C=N–C) groups is 1. The van der Waals surface area contributed by atoms with E-state index in [1.807, 2.05) is 25.6 Å². The summed E-state index contributed by atoms with van der Waals surface area (Å²) in [6.07, 6.45) is 8.13. The van der Waals surface area contributed by atoms with Crippen LogP contribution >= 0.6 is 0 Å². The van der Waals surface area contributed by atoms with Gasteiger partial charge in [-0.3, -0.25) is 9.89 Å². The van der Waals surface area contributed by atoms with E-state index in [2.05, 4.69) is 72.5 Å². The zero-order valence-electron chi connectivity index (χ0n) is 19.6. The number of hydrogen-bond acceptors (Lipinski definition) is 4. The topological polar surface area (TPSA) is 66.7 Å². The second-order valence-electron chi connectivity index (χ2n) is 8.39. The molecule has 0 radical (unpaired) electrons. The normalized spacial score (nSPS) is 15.4. The number of aromatic nitrogens is 2. The molecule has 0 spiro atoms. The maximum atomic E-state index is 5.46. The molecule has 7 heteroatoms. The van der Waals surface area contributed by atoms with E-state index in [9.17, 15) is 0 Å². The van der Waals surface area contributed by atoms with Gasteiger partial charge in [-0.25, -0.2) is 4.98 Å². The van der Waals surface area contributed by atoms with Gasteiger partial charge in [0.1, 0.15) is 5.75 Å². The molecule has 1 aromatic heterocycles. The van der Waals surface area contributed by atoms with Crippen LogP contribution in [0.2, 0.25) is 0 Å². The zero-order valence-corrected chi connectivity index (χ0v) is 19.6. The Labute approximate surface area is 196 Å². The third-order valence-electron chi connectivity index (χ3n) is 6.15. The van der Waals surface area contributed by atoms with Gasteiger partial charge in [0.15, 0.2) is 5.96 Å². The molecular weight excluding hydrogens is 412 g/mol. The maximum absolute atomic E-state index is 5.46. The number of nitrogens with one attached hydrogen (secondary N) is 2. The summed E-state index contributed by atoms with van der Waals surface area (Å²) in [7, 11) is 3.54. The van der Waals surface area contributed by atoms with Crippen LogP contribution in [0.4, 0.5) is 0 Å². The lowest BCUT2D eigenvalue weighted by atomic mass is 10.1. The molecule has 2 N–H and O–H groups in total. The summed E-state index contributed by atoms with van der Waals surface area (Å²) in [6.45, 7) is 4.59. The molecule has 2 aromatic carbocycles. The fourth-order valence-corrected chi connectivity index (χ4v) is 4.31. The molecule has 3 aromatic rings. The van der Waals surface area contributed by atoms with Crippen molar-refractivity contribution in [1.82, 2.24) is 25.1 Å². The highest BCUT2D eigenvalue weighted by Crippen LogP contribution is 2.27. The summed E-state index contributed by atoms with van der Waals surface area (Å²) in [5.74, 6) is 1.71. The number of guanidine groups is 1. The van der Waals surface area contributed by atoms with Crippen LogP contribution < -0.4 is 15.4 Å². The van der Waals surface area contributed by atoms with Gasteiger partial charge in [0.25, 0.3) is 0 Å². The van der Waals surface area contributed by atoms with E-state index >= 15 is 0 Å². The van der Waals surface area contributed by atoms with Gasteiger partial charge in [0.05, 0.1) is 19.5 Å². The van der Waals surface area contributed by atoms with Gasteiger partial charge < -0.3 is 19.9 Å². The van der Waals surface area contributed by atoms with E-state index in [0.717, 1.165) is 44.4 Å². The number of likely N-dealkylation sites (tertiary alicyclic amines) is 1. The van der Waals surface area contributed by atoms with Crippen molar-refractivity contribution < 1.29 is 4.74 Å². The number of rotatable bonds is 9. The van der Waals surface area contributed by atoms with Gasteiger partial charge in [0, 0.05) is 39.1 Å². The first kappa shape index (κ1) is 22.9. The third-order valence-corrected chi connectivity index (χ3v) is 6.15. The van der Waals surface area contributed by atoms with E-state index in [1.165, 1.54) is 29.5 Å². The molecule has 1 saturated heterocycles. The largest absolute Gasteiger partial charge is 0.497 e. The highest BCUT2D eigenvalue weighted by Gasteiger charge is 2.24. The fourth-order valence-electron chi connectivity index (χ4n) is 4.31. The summed E-state index contributed by atoms with van der Waals surface area (Å²) < 4.78 is 7.53. The Kier molecular flexibility index (Phi) is 7.98. The number of benzene rings is 2. The van der Waals surface area contributed by atoms with Crippen LogP contribution in [0.1, 0.15) is 35.6 Å². The quantitative estimate of drug-likeness (QED) is 0.389.